The summed E-state index contributed by atoms with van der Waals surface area (Å²) < 4.78 is 30.2. The van der Waals surface area contributed by atoms with Gasteiger partial charge in [0, 0.05) is 0 Å². The number of methoxy groups -OCH3 is 1. The summed E-state index contributed by atoms with van der Waals surface area (Å²) in [7, 11) is -2.60. The van der Waals surface area contributed by atoms with Crippen LogP contribution in [0.3, 0.4) is 0 Å². The summed E-state index contributed by atoms with van der Waals surface area (Å²) in [4.78, 5) is 10.4. The van der Waals surface area contributed by atoms with Crippen LogP contribution in [0.5, 0.6) is 5.75 Å². The van der Waals surface area contributed by atoms with Crippen molar-refractivity contribution < 1.29 is 28.2 Å². The Balaban J connectivity index is 2.95. The van der Waals surface area contributed by atoms with Gasteiger partial charge in [0.05, 0.1) is 30.6 Å². The molecule has 0 saturated carbocycles. The molecule has 100 valence electrons. The first-order valence-electron chi connectivity index (χ1n) is 4.89. The lowest BCUT2D eigenvalue weighted by molar-refractivity contribution is -0.308. The maximum absolute atomic E-state index is 11.8. The van der Waals surface area contributed by atoms with Crippen molar-refractivity contribution in [1.82, 2.24) is 4.72 Å². The summed E-state index contributed by atoms with van der Waals surface area (Å²) in [6.07, 6.45) is 0. The van der Waals surface area contributed by atoms with Crippen LogP contribution in [0.15, 0.2) is 29.2 Å². The number of benzene rings is 1. The van der Waals surface area contributed by atoms with Gasteiger partial charge in [0.15, 0.2) is 0 Å². The van der Waals surface area contributed by atoms with Gasteiger partial charge in [-0.2, -0.15) is 0 Å². The molecule has 7 nitrogen and oxygen atoms in total. The van der Waals surface area contributed by atoms with E-state index < -0.39 is 28.6 Å². The molecular formula is C10H12NO6S-. The molecule has 2 N–H and O–H groups in total. The lowest BCUT2D eigenvalue weighted by Gasteiger charge is -2.17. The highest BCUT2D eigenvalue weighted by molar-refractivity contribution is 7.89. The molecule has 0 saturated heterocycles. The average molecular weight is 274 g/mol. The van der Waals surface area contributed by atoms with E-state index in [9.17, 15) is 18.3 Å². The van der Waals surface area contributed by atoms with Crippen molar-refractivity contribution in [1.29, 1.82) is 0 Å². The molecule has 1 rings (SSSR count). The molecular weight excluding hydrogens is 262 g/mol. The number of carbonyl (C=O) groups excluding carboxylic acids is 1. The summed E-state index contributed by atoms with van der Waals surface area (Å²) in [6.45, 7) is -0.891. The Morgan fingerprint density at radius 1 is 1.44 bits per heavy atom. The number of rotatable bonds is 6. The Morgan fingerprint density at radius 2 is 2.00 bits per heavy atom. The number of carboxylic acids is 1. The normalized spacial score (nSPS) is 13.0. The fourth-order valence-corrected chi connectivity index (χ4v) is 2.35. The van der Waals surface area contributed by atoms with Crippen molar-refractivity contribution in [2.75, 3.05) is 13.7 Å². The van der Waals surface area contributed by atoms with Crippen molar-refractivity contribution in [3.63, 3.8) is 0 Å². The number of carbonyl (C=O) groups is 1. The van der Waals surface area contributed by atoms with Crippen LogP contribution in [0, 0.1) is 0 Å². The quantitative estimate of drug-likeness (QED) is 0.625. The van der Waals surface area contributed by atoms with Gasteiger partial charge in [-0.1, -0.05) is 0 Å². The van der Waals surface area contributed by atoms with Gasteiger partial charge in [-0.05, 0) is 24.3 Å². The maximum Gasteiger partial charge on any atom is 0.241 e. The second-order valence-electron chi connectivity index (χ2n) is 3.35. The first-order chi connectivity index (χ1) is 8.40. The van der Waals surface area contributed by atoms with Gasteiger partial charge >= 0.3 is 0 Å². The summed E-state index contributed by atoms with van der Waals surface area (Å²) in [5.74, 6) is -1.23. The van der Waals surface area contributed by atoms with Crippen molar-refractivity contribution in [3.05, 3.63) is 24.3 Å². The van der Waals surface area contributed by atoms with Crippen molar-refractivity contribution >= 4 is 16.0 Å². The maximum atomic E-state index is 11.8. The standard InChI is InChI=1S/C10H13NO6S/c1-17-7-2-4-8(5-3-7)18(15,16)11-9(6-12)10(13)14/h2-5,9,11-12H,6H2,1H3,(H,13,14)/p-1. The molecule has 0 heterocycles. The minimum atomic E-state index is -4.03. The molecule has 0 spiro atoms. The second-order valence-corrected chi connectivity index (χ2v) is 5.06. The number of sulfonamides is 1. The van der Waals surface area contributed by atoms with E-state index in [1.165, 1.54) is 31.4 Å². The molecule has 1 atom stereocenters. The molecule has 8 heteroatoms. The fourth-order valence-electron chi connectivity index (χ4n) is 1.17. The molecule has 1 unspecified atom stereocenters. The van der Waals surface area contributed by atoms with Gasteiger partial charge in [-0.3, -0.25) is 0 Å². The minimum absolute atomic E-state index is 0.136. The zero-order valence-corrected chi connectivity index (χ0v) is 10.3. The number of aliphatic hydroxyl groups excluding tert-OH is 1. The highest BCUT2D eigenvalue weighted by Crippen LogP contribution is 2.15. The van der Waals surface area contributed by atoms with Crippen molar-refractivity contribution in [2.24, 2.45) is 0 Å². The Bertz CT molecular complexity index is 510. The highest BCUT2D eigenvalue weighted by atomic mass is 32.2. The zero-order valence-electron chi connectivity index (χ0n) is 9.49. The monoisotopic (exact) mass is 274 g/mol. The topological polar surface area (TPSA) is 116 Å². The summed E-state index contributed by atoms with van der Waals surface area (Å²) in [5, 5.41) is 19.2. The van der Waals surface area contributed by atoms with Crippen LogP contribution in [-0.4, -0.2) is 39.3 Å². The van der Waals surface area contributed by atoms with E-state index in [2.05, 4.69) is 0 Å². The number of hydrogen-bond acceptors (Lipinski definition) is 6. The van der Waals surface area contributed by atoms with Crippen molar-refractivity contribution in [3.8, 4) is 5.75 Å². The first-order valence-corrected chi connectivity index (χ1v) is 6.37. The van der Waals surface area contributed by atoms with Gasteiger partial charge < -0.3 is 19.7 Å². The van der Waals surface area contributed by atoms with E-state index in [1.807, 2.05) is 4.72 Å². The van der Waals surface area contributed by atoms with E-state index in [0.29, 0.717) is 5.75 Å². The van der Waals surface area contributed by atoms with Crippen LogP contribution in [-0.2, 0) is 14.8 Å². The van der Waals surface area contributed by atoms with Crippen LogP contribution < -0.4 is 14.6 Å². The number of ether oxygens (including phenoxy) is 1. The van der Waals surface area contributed by atoms with Crippen molar-refractivity contribution in [2.45, 2.75) is 10.9 Å². The number of carboxylic acid groups (broad SMARTS) is 1. The Hall–Kier alpha value is -1.64. The third kappa shape index (κ3) is 3.42. The highest BCUT2D eigenvalue weighted by Gasteiger charge is 2.20. The predicted octanol–water partition coefficient (Wildman–Crippen LogP) is -1.92. The molecule has 1 aromatic rings. The Morgan fingerprint density at radius 3 is 2.39 bits per heavy atom. The van der Waals surface area contributed by atoms with E-state index in [-0.39, 0.29) is 4.90 Å². The summed E-state index contributed by atoms with van der Waals surface area (Å²) >= 11 is 0. The van der Waals surface area contributed by atoms with Gasteiger partial charge in [0.2, 0.25) is 10.0 Å². The Kier molecular flexibility index (Phi) is 4.65. The minimum Gasteiger partial charge on any atom is -0.548 e. The van der Waals surface area contributed by atoms with E-state index in [0.717, 1.165) is 0 Å². The number of hydrogen-bond donors (Lipinski definition) is 2. The third-order valence-electron chi connectivity index (χ3n) is 2.13. The summed E-state index contributed by atoms with van der Waals surface area (Å²) in [5.41, 5.74) is 0. The predicted molar refractivity (Wildman–Crippen MR) is 59.2 cm³/mol. The molecule has 0 aliphatic heterocycles. The molecule has 0 aliphatic rings. The molecule has 0 amide bonds. The Labute approximate surface area is 104 Å². The molecule has 18 heavy (non-hydrogen) atoms. The summed E-state index contributed by atoms with van der Waals surface area (Å²) in [6, 6.07) is 3.66. The smallest absolute Gasteiger partial charge is 0.241 e. The SMILES string of the molecule is COc1ccc(S(=O)(=O)NC(CO)C(=O)[O-])cc1. The molecule has 0 aromatic heterocycles. The molecule has 0 fully saturated rings. The lowest BCUT2D eigenvalue weighted by atomic mass is 10.3. The fraction of sp³-hybridized carbons (Fsp3) is 0.300. The van der Waals surface area contributed by atoms with Crippen LogP contribution in [0.25, 0.3) is 0 Å². The van der Waals surface area contributed by atoms with Gasteiger partial charge in [-0.25, -0.2) is 13.1 Å². The second kappa shape index (κ2) is 5.80. The van der Waals surface area contributed by atoms with Gasteiger partial charge in [0.25, 0.3) is 0 Å². The number of aliphatic carboxylic acids is 1. The van der Waals surface area contributed by atoms with Crippen LogP contribution in [0.1, 0.15) is 0 Å². The first kappa shape index (κ1) is 14.4. The lowest BCUT2D eigenvalue weighted by Crippen LogP contribution is -2.49. The largest absolute Gasteiger partial charge is 0.548 e. The zero-order chi connectivity index (χ0) is 13.8. The van der Waals surface area contributed by atoms with Gasteiger partial charge in [-0.15, -0.1) is 0 Å². The molecule has 1 aromatic carbocycles. The molecule has 0 aliphatic carbocycles. The third-order valence-corrected chi connectivity index (χ3v) is 3.62. The van der Waals surface area contributed by atoms with E-state index >= 15 is 0 Å². The van der Waals surface area contributed by atoms with E-state index in [1.54, 1.807) is 0 Å². The number of aliphatic hydroxyl groups is 1. The molecule has 0 radical (unpaired) electrons. The molecule has 0 bridgehead atoms. The van der Waals surface area contributed by atoms with Gasteiger partial charge in [0.1, 0.15) is 5.75 Å². The van der Waals surface area contributed by atoms with Crippen LogP contribution in [0.2, 0.25) is 0 Å². The van der Waals surface area contributed by atoms with Crippen LogP contribution >= 0.6 is 0 Å². The average Bonchev–Trinajstić information content (AvgIpc) is 2.35. The number of nitrogens with one attached hydrogen (secondary N) is 1. The van der Waals surface area contributed by atoms with E-state index in [4.69, 9.17) is 9.84 Å². The van der Waals surface area contributed by atoms with Crippen LogP contribution in [0.4, 0.5) is 0 Å².